The van der Waals surface area contributed by atoms with E-state index in [1.807, 2.05) is 17.4 Å². The maximum Gasteiger partial charge on any atom is 0.135 e. The topological polar surface area (TPSA) is 18.1 Å². The molecule has 6 aromatic carbocycles. The number of hydrogen-bond acceptors (Lipinski definition) is 2. The predicted molar refractivity (Wildman–Crippen MR) is 199 cm³/mol. The highest BCUT2D eigenvalue weighted by Gasteiger charge is 2.17. The molecule has 0 aliphatic carbocycles. The molecule has 0 amide bonds. The first-order valence-corrected chi connectivity index (χ1v) is 16.4. The van der Waals surface area contributed by atoms with E-state index in [-0.39, 0.29) is 0 Å². The van der Waals surface area contributed by atoms with E-state index >= 15 is 0 Å². The van der Waals surface area contributed by atoms with Crippen LogP contribution in [0.25, 0.3) is 93.1 Å². The Morgan fingerprint density at radius 2 is 1.20 bits per heavy atom. The van der Waals surface area contributed by atoms with Gasteiger partial charge in [-0.15, -0.1) is 11.3 Å². The molecule has 0 atom stereocenters. The van der Waals surface area contributed by atoms with Crippen LogP contribution in [0.2, 0.25) is 0 Å². The van der Waals surface area contributed by atoms with Crippen LogP contribution >= 0.6 is 11.3 Å². The van der Waals surface area contributed by atoms with Gasteiger partial charge in [0.1, 0.15) is 11.2 Å². The monoisotopic (exact) mass is 607 g/mol. The third kappa shape index (κ3) is 4.09. The van der Waals surface area contributed by atoms with Gasteiger partial charge >= 0.3 is 0 Å². The van der Waals surface area contributed by atoms with Crippen molar-refractivity contribution in [2.45, 2.75) is 6.92 Å². The first-order valence-electron chi connectivity index (χ1n) is 15.6. The Morgan fingerprint density at radius 3 is 1.91 bits per heavy atom. The molecule has 0 saturated carbocycles. The average Bonchev–Trinajstić information content (AvgIpc) is 3.77. The van der Waals surface area contributed by atoms with Gasteiger partial charge in [-0.2, -0.15) is 0 Å². The molecule has 46 heavy (non-hydrogen) atoms. The van der Waals surface area contributed by atoms with Gasteiger partial charge in [0, 0.05) is 47.6 Å². The molecule has 0 aliphatic heterocycles. The number of fused-ring (bicyclic) bond motifs is 7. The Hall–Kier alpha value is -5.64. The summed E-state index contributed by atoms with van der Waals surface area (Å²) in [5.41, 5.74) is 11.1. The number of benzene rings is 6. The molecule has 0 spiro atoms. The largest absolute Gasteiger partial charge is 0.456 e. The summed E-state index contributed by atoms with van der Waals surface area (Å²) in [6.07, 6.45) is 6.22. The van der Waals surface area contributed by atoms with Crippen molar-refractivity contribution in [2.24, 2.45) is 0 Å². The normalized spacial score (nSPS) is 12.0. The Bertz CT molecular complexity index is 2660. The summed E-state index contributed by atoms with van der Waals surface area (Å²) in [7, 11) is 0. The summed E-state index contributed by atoms with van der Waals surface area (Å²) in [5.74, 6) is 0. The molecule has 3 heterocycles. The number of rotatable bonds is 5. The Morgan fingerprint density at radius 1 is 0.587 bits per heavy atom. The highest BCUT2D eigenvalue weighted by Crippen LogP contribution is 2.40. The van der Waals surface area contributed by atoms with Crippen LogP contribution in [0.3, 0.4) is 0 Å². The highest BCUT2D eigenvalue weighted by molar-refractivity contribution is 7.25. The average molecular weight is 608 g/mol. The van der Waals surface area contributed by atoms with E-state index in [2.05, 4.69) is 158 Å². The lowest BCUT2D eigenvalue weighted by Gasteiger charge is -2.09. The second-order valence-electron chi connectivity index (χ2n) is 11.7. The maximum atomic E-state index is 6.35. The minimum absolute atomic E-state index is 0.883. The number of hydrogen-bond donors (Lipinski definition) is 0. The Labute approximate surface area is 270 Å². The van der Waals surface area contributed by atoms with Crippen molar-refractivity contribution in [3.8, 4) is 27.9 Å². The van der Waals surface area contributed by atoms with Gasteiger partial charge < -0.3 is 8.98 Å². The molecule has 2 nitrogen and oxygen atoms in total. The zero-order valence-electron chi connectivity index (χ0n) is 25.3. The SMILES string of the molecule is C=Cc1c(/C=C\C)c2ccccc2n1-c1ccc2oc3ccc(-c4ccc5sc6ccc(-c7ccccc7)cc6c5c4)cc3c2c1. The van der Waals surface area contributed by atoms with Gasteiger partial charge in [-0.1, -0.05) is 85.5 Å². The molecule has 0 fully saturated rings. The van der Waals surface area contributed by atoms with E-state index in [0.717, 1.165) is 38.8 Å². The van der Waals surface area contributed by atoms with E-state index < -0.39 is 0 Å². The van der Waals surface area contributed by atoms with Crippen LogP contribution in [0.1, 0.15) is 18.2 Å². The first-order chi connectivity index (χ1) is 22.7. The number of furan rings is 1. The number of nitrogens with zero attached hydrogens (tertiary/aromatic N) is 1. The summed E-state index contributed by atoms with van der Waals surface area (Å²) in [6, 6.07) is 45.9. The van der Waals surface area contributed by atoms with E-state index in [1.54, 1.807) is 0 Å². The van der Waals surface area contributed by atoms with Crippen LogP contribution in [-0.4, -0.2) is 4.57 Å². The molecular weight excluding hydrogens is 579 g/mol. The lowest BCUT2D eigenvalue weighted by atomic mass is 9.99. The zero-order chi connectivity index (χ0) is 30.8. The van der Waals surface area contributed by atoms with Crippen LogP contribution in [0.5, 0.6) is 0 Å². The lowest BCUT2D eigenvalue weighted by Crippen LogP contribution is -1.96. The molecule has 0 saturated heterocycles. The van der Waals surface area contributed by atoms with Gasteiger partial charge in [0.05, 0.1) is 11.2 Å². The van der Waals surface area contributed by atoms with Crippen molar-refractivity contribution >= 4 is 76.5 Å². The van der Waals surface area contributed by atoms with Crippen LogP contribution in [0.4, 0.5) is 0 Å². The third-order valence-corrected chi connectivity index (χ3v) is 10.3. The summed E-state index contributed by atoms with van der Waals surface area (Å²) in [5, 5.41) is 6.02. The fourth-order valence-corrected chi connectivity index (χ4v) is 8.02. The molecule has 3 heteroatoms. The Kier molecular flexibility index (Phi) is 6.09. The molecule has 218 valence electrons. The summed E-state index contributed by atoms with van der Waals surface area (Å²) >= 11 is 1.85. The molecular formula is C43H29NOS. The highest BCUT2D eigenvalue weighted by atomic mass is 32.1. The van der Waals surface area contributed by atoms with Crippen LogP contribution in [0.15, 0.2) is 144 Å². The Balaban J connectivity index is 1.20. The van der Waals surface area contributed by atoms with Crippen molar-refractivity contribution in [2.75, 3.05) is 0 Å². The standard InChI is InChI=1S/C43H29NOS/c1-3-10-32-33-13-8-9-14-39(33)44(38(32)4-2)31-18-20-41-35(26-31)34-23-29(15-19-40(34)45-41)30-17-22-43-37(25-30)36-24-28(16-21-42(36)46-43)27-11-6-5-7-12-27/h3-26H,2H2,1H3/b10-3-. The van der Waals surface area contributed by atoms with Crippen molar-refractivity contribution in [1.82, 2.24) is 4.57 Å². The minimum Gasteiger partial charge on any atom is -0.456 e. The molecule has 0 radical (unpaired) electrons. The molecule has 9 rings (SSSR count). The lowest BCUT2D eigenvalue weighted by molar-refractivity contribution is 0.669. The van der Waals surface area contributed by atoms with Gasteiger partial charge in [-0.25, -0.2) is 0 Å². The number of para-hydroxylation sites is 1. The van der Waals surface area contributed by atoms with Crippen LogP contribution < -0.4 is 0 Å². The van der Waals surface area contributed by atoms with Crippen molar-refractivity contribution in [3.63, 3.8) is 0 Å². The summed E-state index contributed by atoms with van der Waals surface area (Å²) in [4.78, 5) is 0. The van der Waals surface area contributed by atoms with E-state index in [9.17, 15) is 0 Å². The maximum absolute atomic E-state index is 6.35. The fraction of sp³-hybridized carbons (Fsp3) is 0.0233. The molecule has 0 N–H and O–H groups in total. The smallest absolute Gasteiger partial charge is 0.135 e. The third-order valence-electron chi connectivity index (χ3n) is 9.10. The molecule has 0 aliphatic rings. The van der Waals surface area contributed by atoms with Crippen molar-refractivity contribution in [1.29, 1.82) is 0 Å². The van der Waals surface area contributed by atoms with Crippen LogP contribution in [0, 0.1) is 0 Å². The summed E-state index contributed by atoms with van der Waals surface area (Å²) in [6.45, 7) is 6.24. The van der Waals surface area contributed by atoms with E-state index in [1.165, 1.54) is 53.4 Å². The molecule has 0 bridgehead atoms. The zero-order valence-corrected chi connectivity index (χ0v) is 26.1. The predicted octanol–water partition coefficient (Wildman–Crippen LogP) is 12.9. The van der Waals surface area contributed by atoms with E-state index in [0.29, 0.717) is 0 Å². The molecule has 3 aromatic heterocycles. The van der Waals surface area contributed by atoms with Gasteiger partial charge in [-0.05, 0) is 95.9 Å². The van der Waals surface area contributed by atoms with Gasteiger partial charge in [0.15, 0.2) is 0 Å². The van der Waals surface area contributed by atoms with Gasteiger partial charge in [-0.3, -0.25) is 0 Å². The first kappa shape index (κ1) is 26.7. The fourth-order valence-electron chi connectivity index (χ4n) is 6.96. The number of thiophene rings is 1. The quantitative estimate of drug-likeness (QED) is 0.190. The minimum atomic E-state index is 0.883. The molecule has 0 unspecified atom stereocenters. The van der Waals surface area contributed by atoms with Gasteiger partial charge in [0.25, 0.3) is 0 Å². The summed E-state index contributed by atoms with van der Waals surface area (Å²) < 4.78 is 11.3. The van der Waals surface area contributed by atoms with Crippen molar-refractivity contribution in [3.05, 3.63) is 151 Å². The molecule has 9 aromatic rings. The van der Waals surface area contributed by atoms with Gasteiger partial charge in [0.2, 0.25) is 0 Å². The number of allylic oxidation sites excluding steroid dienone is 1. The van der Waals surface area contributed by atoms with Crippen molar-refractivity contribution < 1.29 is 4.42 Å². The number of aromatic nitrogens is 1. The van der Waals surface area contributed by atoms with E-state index in [4.69, 9.17) is 4.42 Å². The second kappa shape index (κ2) is 10.5. The second-order valence-corrected chi connectivity index (χ2v) is 12.8. The van der Waals surface area contributed by atoms with Crippen LogP contribution in [-0.2, 0) is 0 Å².